The van der Waals surface area contributed by atoms with E-state index < -0.39 is 30.1 Å². The van der Waals surface area contributed by atoms with Crippen LogP contribution in [0.2, 0.25) is 0 Å². The normalized spacial score (nSPS) is 10.1. The fourth-order valence-electron chi connectivity index (χ4n) is 1.47. The molecule has 0 spiro atoms. The van der Waals surface area contributed by atoms with E-state index in [1.54, 1.807) is 0 Å². The molecule has 1 aromatic carbocycles. The van der Waals surface area contributed by atoms with Crippen LogP contribution in [0.15, 0.2) is 18.2 Å². The number of carboxylic acid groups (broad SMARTS) is 1. The van der Waals surface area contributed by atoms with Gasteiger partial charge in [-0.3, -0.25) is 14.5 Å². The first kappa shape index (κ1) is 15.6. The molecule has 0 heterocycles. The monoisotopic (exact) mass is 282 g/mol. The molecule has 5 nitrogen and oxygen atoms in total. The van der Waals surface area contributed by atoms with Gasteiger partial charge in [-0.25, -0.2) is 8.78 Å². The van der Waals surface area contributed by atoms with E-state index in [-0.39, 0.29) is 18.8 Å². The number of carbonyl (C=O) groups excluding carboxylic acids is 1. The second-order valence-electron chi connectivity index (χ2n) is 3.92. The Kier molecular flexibility index (Phi) is 5.62. The van der Waals surface area contributed by atoms with Crippen LogP contribution in [0.25, 0.3) is 0 Å². The zero-order valence-electron chi connectivity index (χ0n) is 10.4. The van der Waals surface area contributed by atoms with Crippen molar-refractivity contribution in [2.45, 2.75) is 0 Å². The van der Waals surface area contributed by atoms with Crippen molar-refractivity contribution in [1.29, 1.82) is 0 Å². The first-order valence-corrected chi connectivity index (χ1v) is 5.55. The summed E-state index contributed by atoms with van der Waals surface area (Å²) in [4.78, 5) is 23.4. The fraction of sp³-hybridized carbons (Fsp3) is 0.231. The van der Waals surface area contributed by atoms with Crippen LogP contribution < -0.4 is 5.32 Å². The largest absolute Gasteiger partial charge is 0.480 e. The molecule has 0 unspecified atom stereocenters. The summed E-state index contributed by atoms with van der Waals surface area (Å²) in [5.74, 6) is -1.24. The van der Waals surface area contributed by atoms with Crippen molar-refractivity contribution in [2.75, 3.05) is 25.0 Å². The maximum absolute atomic E-state index is 13.3. The molecule has 7 heteroatoms. The Morgan fingerprint density at radius 1 is 1.35 bits per heavy atom. The number of hydrogen-bond acceptors (Lipinski definition) is 3. The molecule has 20 heavy (non-hydrogen) atoms. The maximum atomic E-state index is 13.3. The second kappa shape index (κ2) is 7.21. The third-order valence-electron chi connectivity index (χ3n) is 2.25. The van der Waals surface area contributed by atoms with E-state index in [0.29, 0.717) is 6.07 Å². The molecule has 0 saturated heterocycles. The second-order valence-corrected chi connectivity index (χ2v) is 3.92. The van der Waals surface area contributed by atoms with E-state index in [2.05, 4.69) is 11.2 Å². The van der Waals surface area contributed by atoms with Gasteiger partial charge in [0.05, 0.1) is 25.3 Å². The Morgan fingerprint density at radius 3 is 2.60 bits per heavy atom. The molecule has 0 bridgehead atoms. The number of terminal acetylenes is 1. The van der Waals surface area contributed by atoms with Gasteiger partial charge in [-0.1, -0.05) is 5.92 Å². The van der Waals surface area contributed by atoms with Crippen LogP contribution in [-0.4, -0.2) is 41.5 Å². The third kappa shape index (κ3) is 5.04. The molecule has 1 rings (SSSR count). The van der Waals surface area contributed by atoms with Crippen molar-refractivity contribution in [2.24, 2.45) is 0 Å². The number of nitrogens with one attached hydrogen (secondary N) is 1. The van der Waals surface area contributed by atoms with E-state index in [0.717, 1.165) is 12.1 Å². The van der Waals surface area contributed by atoms with Crippen molar-refractivity contribution < 1.29 is 23.5 Å². The van der Waals surface area contributed by atoms with E-state index in [4.69, 9.17) is 11.5 Å². The predicted octanol–water partition coefficient (Wildman–Crippen LogP) is 0.923. The number of carbonyl (C=O) groups is 2. The predicted molar refractivity (Wildman–Crippen MR) is 67.9 cm³/mol. The minimum atomic E-state index is -1.14. The number of hydrogen-bond donors (Lipinski definition) is 2. The summed E-state index contributed by atoms with van der Waals surface area (Å²) in [6.07, 6.45) is 5.06. The summed E-state index contributed by atoms with van der Waals surface area (Å²) in [6.45, 7) is -0.761. The van der Waals surface area contributed by atoms with Gasteiger partial charge in [0.15, 0.2) is 0 Å². The van der Waals surface area contributed by atoms with Crippen LogP contribution in [0.4, 0.5) is 14.5 Å². The van der Waals surface area contributed by atoms with E-state index in [1.165, 1.54) is 4.90 Å². The third-order valence-corrected chi connectivity index (χ3v) is 2.25. The average Bonchev–Trinajstić information content (AvgIpc) is 2.32. The minimum absolute atomic E-state index is 0.0361. The molecule has 0 aliphatic rings. The van der Waals surface area contributed by atoms with Gasteiger partial charge in [-0.2, -0.15) is 0 Å². The molecule has 1 aromatic rings. The molecule has 0 aliphatic carbocycles. The summed E-state index contributed by atoms with van der Waals surface area (Å²) in [6, 6.07) is 2.70. The van der Waals surface area contributed by atoms with Gasteiger partial charge in [0.25, 0.3) is 0 Å². The molecule has 2 N–H and O–H groups in total. The zero-order chi connectivity index (χ0) is 15.1. The molecule has 1 amide bonds. The summed E-state index contributed by atoms with van der Waals surface area (Å²) in [5.41, 5.74) is -0.188. The van der Waals surface area contributed by atoms with Crippen molar-refractivity contribution in [3.05, 3.63) is 29.8 Å². The van der Waals surface area contributed by atoms with Gasteiger partial charge < -0.3 is 10.4 Å². The van der Waals surface area contributed by atoms with Gasteiger partial charge in [-0.05, 0) is 12.1 Å². The lowest BCUT2D eigenvalue weighted by Crippen LogP contribution is -2.37. The SMILES string of the molecule is C#CCN(CC(=O)O)CC(=O)Nc1ccc(F)cc1F. The Morgan fingerprint density at radius 2 is 2.05 bits per heavy atom. The maximum Gasteiger partial charge on any atom is 0.317 e. The smallest absolute Gasteiger partial charge is 0.317 e. The summed E-state index contributed by atoms with van der Waals surface area (Å²) >= 11 is 0. The molecule has 0 atom stereocenters. The number of aliphatic carboxylic acids is 1. The number of amides is 1. The van der Waals surface area contributed by atoms with Crippen LogP contribution in [-0.2, 0) is 9.59 Å². The molecular formula is C13H12F2N2O3. The zero-order valence-corrected chi connectivity index (χ0v) is 10.4. The van der Waals surface area contributed by atoms with Crippen LogP contribution in [0.1, 0.15) is 0 Å². The number of halogens is 2. The topological polar surface area (TPSA) is 69.6 Å². The lowest BCUT2D eigenvalue weighted by Gasteiger charge is -2.16. The highest BCUT2D eigenvalue weighted by atomic mass is 19.1. The number of rotatable bonds is 6. The van der Waals surface area contributed by atoms with Gasteiger partial charge in [0.1, 0.15) is 11.6 Å². The molecule has 0 radical (unpaired) electrons. The number of carboxylic acids is 1. The Labute approximate surface area is 114 Å². The molecule has 0 aliphatic heterocycles. The molecule has 0 saturated carbocycles. The van der Waals surface area contributed by atoms with Crippen molar-refractivity contribution in [1.82, 2.24) is 4.90 Å². The molecule has 106 valence electrons. The number of benzene rings is 1. The first-order chi connectivity index (χ1) is 9.42. The van der Waals surface area contributed by atoms with Crippen molar-refractivity contribution in [3.8, 4) is 12.3 Å². The van der Waals surface area contributed by atoms with Crippen molar-refractivity contribution >= 4 is 17.6 Å². The number of anilines is 1. The molecule has 0 aromatic heterocycles. The molecule has 0 fully saturated rings. The summed E-state index contributed by atoms with van der Waals surface area (Å²) < 4.78 is 26.0. The van der Waals surface area contributed by atoms with Crippen molar-refractivity contribution in [3.63, 3.8) is 0 Å². The van der Waals surface area contributed by atoms with E-state index in [9.17, 15) is 18.4 Å². The van der Waals surface area contributed by atoms with Crippen LogP contribution in [0.5, 0.6) is 0 Å². The first-order valence-electron chi connectivity index (χ1n) is 5.55. The highest BCUT2D eigenvalue weighted by molar-refractivity contribution is 5.92. The van der Waals surface area contributed by atoms with Crippen LogP contribution >= 0.6 is 0 Å². The van der Waals surface area contributed by atoms with Crippen LogP contribution in [0, 0.1) is 24.0 Å². The van der Waals surface area contributed by atoms with Crippen LogP contribution in [0.3, 0.4) is 0 Å². The summed E-state index contributed by atoms with van der Waals surface area (Å²) in [5, 5.41) is 10.9. The quantitative estimate of drug-likeness (QED) is 0.761. The standard InChI is InChI=1S/C13H12F2N2O3/c1-2-5-17(8-13(19)20)7-12(18)16-11-4-3-9(14)6-10(11)15/h1,3-4,6H,5,7-8H2,(H,16,18)(H,19,20). The lowest BCUT2D eigenvalue weighted by atomic mass is 10.3. The minimum Gasteiger partial charge on any atom is -0.480 e. The highest BCUT2D eigenvalue weighted by Gasteiger charge is 2.14. The Hall–Kier alpha value is -2.46. The summed E-state index contributed by atoms with van der Waals surface area (Å²) in [7, 11) is 0. The van der Waals surface area contributed by atoms with Gasteiger partial charge in [0.2, 0.25) is 5.91 Å². The highest BCUT2D eigenvalue weighted by Crippen LogP contribution is 2.14. The molecular weight excluding hydrogens is 270 g/mol. The lowest BCUT2D eigenvalue weighted by molar-refractivity contribution is -0.138. The number of nitrogens with zero attached hydrogens (tertiary/aromatic N) is 1. The average molecular weight is 282 g/mol. The van der Waals surface area contributed by atoms with Gasteiger partial charge in [-0.15, -0.1) is 6.42 Å². The fourth-order valence-corrected chi connectivity index (χ4v) is 1.47. The Balaban J connectivity index is 2.65. The van der Waals surface area contributed by atoms with Gasteiger partial charge in [0, 0.05) is 6.07 Å². The Bertz CT molecular complexity index is 555. The van der Waals surface area contributed by atoms with E-state index >= 15 is 0 Å². The van der Waals surface area contributed by atoms with Gasteiger partial charge >= 0.3 is 5.97 Å². The van der Waals surface area contributed by atoms with E-state index in [1.807, 2.05) is 0 Å².